The number of piperidine rings is 1. The maximum atomic E-state index is 13.3. The van der Waals surface area contributed by atoms with Gasteiger partial charge in [-0.1, -0.05) is 12.1 Å². The van der Waals surface area contributed by atoms with Crippen molar-refractivity contribution in [2.24, 2.45) is 0 Å². The summed E-state index contributed by atoms with van der Waals surface area (Å²) in [7, 11) is 1.67. The van der Waals surface area contributed by atoms with E-state index in [4.69, 9.17) is 4.74 Å². The number of benzene rings is 2. The van der Waals surface area contributed by atoms with Crippen LogP contribution >= 0.6 is 0 Å². The van der Waals surface area contributed by atoms with Crippen LogP contribution in [0, 0.1) is 5.82 Å². The Bertz CT molecular complexity index is 900. The van der Waals surface area contributed by atoms with Crippen LogP contribution in [0.2, 0.25) is 0 Å². The molecular formula is C20H23FN6O. The van der Waals surface area contributed by atoms with Crippen LogP contribution in [0.3, 0.4) is 0 Å². The molecular weight excluding hydrogens is 359 g/mol. The number of hydrogen-bond donors (Lipinski definition) is 2. The lowest BCUT2D eigenvalue weighted by Crippen LogP contribution is -2.45. The molecule has 2 unspecified atom stereocenters. The summed E-state index contributed by atoms with van der Waals surface area (Å²) in [5, 5.41) is 18.5. The lowest BCUT2D eigenvalue weighted by atomic mass is 9.92. The van der Waals surface area contributed by atoms with E-state index in [-0.39, 0.29) is 17.9 Å². The predicted molar refractivity (Wildman–Crippen MR) is 103 cm³/mol. The summed E-state index contributed by atoms with van der Waals surface area (Å²) >= 11 is 0. The molecule has 7 nitrogen and oxygen atoms in total. The molecule has 2 N–H and O–H groups in total. The number of aromatic nitrogens is 4. The van der Waals surface area contributed by atoms with Crippen LogP contribution in [0.15, 0.2) is 48.8 Å². The molecule has 1 fully saturated rings. The van der Waals surface area contributed by atoms with Gasteiger partial charge in [0.2, 0.25) is 0 Å². The Morgan fingerprint density at radius 2 is 2.11 bits per heavy atom. The van der Waals surface area contributed by atoms with Gasteiger partial charge in [0, 0.05) is 24.2 Å². The van der Waals surface area contributed by atoms with E-state index in [9.17, 15) is 4.39 Å². The number of methoxy groups -OCH3 is 1. The first kappa shape index (κ1) is 18.5. The van der Waals surface area contributed by atoms with Crippen molar-refractivity contribution in [3.8, 4) is 11.4 Å². The Hall–Kier alpha value is -2.84. The maximum absolute atomic E-state index is 13.3. The zero-order chi connectivity index (χ0) is 19.3. The van der Waals surface area contributed by atoms with E-state index in [0.717, 1.165) is 42.0 Å². The summed E-state index contributed by atoms with van der Waals surface area (Å²) in [5.74, 6) is 0.597. The molecule has 0 bridgehead atoms. The highest BCUT2D eigenvalue weighted by Crippen LogP contribution is 2.26. The summed E-state index contributed by atoms with van der Waals surface area (Å²) in [4.78, 5) is 0. The summed E-state index contributed by atoms with van der Waals surface area (Å²) in [5.41, 5.74) is 2.99. The zero-order valence-corrected chi connectivity index (χ0v) is 15.7. The first-order valence-corrected chi connectivity index (χ1v) is 9.37. The second kappa shape index (κ2) is 8.45. The first-order valence-electron chi connectivity index (χ1n) is 9.37. The Balaban J connectivity index is 1.52. The highest BCUT2D eigenvalue weighted by molar-refractivity contribution is 5.43. The molecule has 1 aliphatic heterocycles. The number of rotatable bonds is 6. The van der Waals surface area contributed by atoms with Crippen LogP contribution < -0.4 is 15.4 Å². The monoisotopic (exact) mass is 382 g/mol. The fourth-order valence-electron chi connectivity index (χ4n) is 3.69. The second-order valence-electron chi connectivity index (χ2n) is 6.86. The largest absolute Gasteiger partial charge is 0.496 e. The molecule has 2 aromatic carbocycles. The fourth-order valence-corrected chi connectivity index (χ4v) is 3.69. The van der Waals surface area contributed by atoms with Crippen molar-refractivity contribution in [2.75, 3.05) is 13.7 Å². The van der Waals surface area contributed by atoms with E-state index in [1.165, 1.54) is 12.1 Å². The molecule has 1 aliphatic rings. The number of nitrogens with zero attached hydrogens (tertiary/aromatic N) is 4. The van der Waals surface area contributed by atoms with Gasteiger partial charge in [-0.15, -0.1) is 5.10 Å². The molecule has 0 saturated carbocycles. The third-order valence-electron chi connectivity index (χ3n) is 5.12. The Kier molecular flexibility index (Phi) is 5.59. The molecule has 0 radical (unpaired) electrons. The van der Waals surface area contributed by atoms with Crippen LogP contribution in [0.4, 0.5) is 4.39 Å². The van der Waals surface area contributed by atoms with E-state index >= 15 is 0 Å². The quantitative estimate of drug-likeness (QED) is 0.682. The Labute approximate surface area is 162 Å². The molecule has 0 aliphatic carbocycles. The standard InChI is InChI=1S/C20H23FN6O/c1-28-19-9-8-17(27-13-24-25-26-27)11-15(19)12-23-18-3-2-10-22-20(18)14-4-6-16(21)7-5-14/h4-9,11,13,18,20,22-23H,2-3,10,12H2,1H3. The molecule has 3 aromatic rings. The summed E-state index contributed by atoms with van der Waals surface area (Å²) in [6.07, 6.45) is 3.70. The third-order valence-corrected chi connectivity index (χ3v) is 5.12. The molecule has 0 amide bonds. The van der Waals surface area contributed by atoms with Crippen molar-refractivity contribution in [1.82, 2.24) is 30.8 Å². The SMILES string of the molecule is COc1ccc(-n2cnnn2)cc1CNC1CCCNC1c1ccc(F)cc1. The number of tetrazole rings is 1. The fraction of sp³-hybridized carbons (Fsp3) is 0.350. The van der Waals surface area contributed by atoms with E-state index in [0.29, 0.717) is 6.54 Å². The van der Waals surface area contributed by atoms with E-state index in [2.05, 4.69) is 26.2 Å². The van der Waals surface area contributed by atoms with Crippen LogP contribution in [0.25, 0.3) is 5.69 Å². The molecule has 8 heteroatoms. The molecule has 2 atom stereocenters. The topological polar surface area (TPSA) is 76.9 Å². The van der Waals surface area contributed by atoms with E-state index in [1.54, 1.807) is 18.1 Å². The third kappa shape index (κ3) is 4.02. The van der Waals surface area contributed by atoms with Gasteiger partial charge < -0.3 is 15.4 Å². The van der Waals surface area contributed by atoms with Crippen LogP contribution in [-0.4, -0.2) is 39.9 Å². The van der Waals surface area contributed by atoms with E-state index in [1.807, 2.05) is 30.3 Å². The molecule has 146 valence electrons. The van der Waals surface area contributed by atoms with Gasteiger partial charge in [-0.05, 0) is 65.7 Å². The highest BCUT2D eigenvalue weighted by Gasteiger charge is 2.26. The van der Waals surface area contributed by atoms with Crippen molar-refractivity contribution in [3.63, 3.8) is 0 Å². The lowest BCUT2D eigenvalue weighted by Gasteiger charge is -2.34. The van der Waals surface area contributed by atoms with Crippen molar-refractivity contribution in [3.05, 3.63) is 65.7 Å². The minimum absolute atomic E-state index is 0.142. The maximum Gasteiger partial charge on any atom is 0.143 e. The van der Waals surface area contributed by atoms with Gasteiger partial charge in [-0.25, -0.2) is 9.07 Å². The van der Waals surface area contributed by atoms with Gasteiger partial charge in [0.05, 0.1) is 12.8 Å². The molecule has 1 saturated heterocycles. The van der Waals surface area contributed by atoms with Crippen molar-refractivity contribution in [1.29, 1.82) is 0 Å². The normalized spacial score (nSPS) is 19.5. The Morgan fingerprint density at radius 3 is 2.86 bits per heavy atom. The van der Waals surface area contributed by atoms with Crippen molar-refractivity contribution in [2.45, 2.75) is 31.5 Å². The van der Waals surface area contributed by atoms with Gasteiger partial charge in [0.25, 0.3) is 0 Å². The Morgan fingerprint density at radius 1 is 1.25 bits per heavy atom. The van der Waals surface area contributed by atoms with Gasteiger partial charge in [0.1, 0.15) is 17.9 Å². The molecule has 2 heterocycles. The molecule has 4 rings (SSSR count). The van der Waals surface area contributed by atoms with Crippen LogP contribution in [0.5, 0.6) is 5.75 Å². The van der Waals surface area contributed by atoms with Crippen molar-refractivity contribution < 1.29 is 9.13 Å². The average molecular weight is 382 g/mol. The molecule has 0 spiro atoms. The minimum atomic E-state index is -0.215. The summed E-state index contributed by atoms with van der Waals surface area (Å²) in [6, 6.07) is 13.0. The second-order valence-corrected chi connectivity index (χ2v) is 6.86. The van der Waals surface area contributed by atoms with E-state index < -0.39 is 0 Å². The van der Waals surface area contributed by atoms with Crippen molar-refractivity contribution >= 4 is 0 Å². The van der Waals surface area contributed by atoms with Gasteiger partial charge >= 0.3 is 0 Å². The minimum Gasteiger partial charge on any atom is -0.496 e. The van der Waals surface area contributed by atoms with Gasteiger partial charge in [0.15, 0.2) is 0 Å². The summed E-state index contributed by atoms with van der Waals surface area (Å²) < 4.78 is 20.4. The number of halogens is 1. The van der Waals surface area contributed by atoms with Crippen LogP contribution in [-0.2, 0) is 6.54 Å². The first-order chi connectivity index (χ1) is 13.7. The zero-order valence-electron chi connectivity index (χ0n) is 15.7. The smallest absolute Gasteiger partial charge is 0.143 e. The lowest BCUT2D eigenvalue weighted by molar-refractivity contribution is 0.302. The molecule has 1 aromatic heterocycles. The van der Waals surface area contributed by atoms with Gasteiger partial charge in [-0.3, -0.25) is 0 Å². The average Bonchev–Trinajstić information content (AvgIpc) is 3.28. The number of hydrogen-bond acceptors (Lipinski definition) is 6. The number of nitrogens with one attached hydrogen (secondary N) is 2. The predicted octanol–water partition coefficient (Wildman–Crippen LogP) is 2.39. The summed E-state index contributed by atoms with van der Waals surface area (Å²) in [6.45, 7) is 1.60. The number of ether oxygens (including phenoxy) is 1. The van der Waals surface area contributed by atoms with Gasteiger partial charge in [-0.2, -0.15) is 0 Å². The van der Waals surface area contributed by atoms with Crippen LogP contribution in [0.1, 0.15) is 30.0 Å². The highest BCUT2D eigenvalue weighted by atomic mass is 19.1. The molecule has 28 heavy (non-hydrogen) atoms.